The number of rotatable bonds is 3. The van der Waals surface area contributed by atoms with E-state index in [-0.39, 0.29) is 11.6 Å². The molecule has 6 heteroatoms. The Labute approximate surface area is 110 Å². The molecule has 0 spiro atoms. The maximum atomic E-state index is 10.1. The van der Waals surface area contributed by atoms with Crippen LogP contribution in [0.1, 0.15) is 20.8 Å². The summed E-state index contributed by atoms with van der Waals surface area (Å²) in [7, 11) is -0.542. The molecule has 1 heterocycles. The lowest BCUT2D eigenvalue weighted by Crippen LogP contribution is -2.59. The van der Waals surface area contributed by atoms with Gasteiger partial charge in [0.25, 0.3) is 0 Å². The molecule has 1 rings (SSSR count). The first kappa shape index (κ1) is 16.1. The summed E-state index contributed by atoms with van der Waals surface area (Å²) >= 11 is 0. The van der Waals surface area contributed by atoms with Crippen LogP contribution in [0.4, 0.5) is 0 Å². The molecule has 1 aliphatic heterocycles. The highest BCUT2D eigenvalue weighted by atomic mass is 28.4. The second kappa shape index (κ2) is 5.56. The topological polar surface area (TPSA) is 68.2 Å². The van der Waals surface area contributed by atoms with E-state index in [4.69, 9.17) is 13.9 Å². The van der Waals surface area contributed by atoms with E-state index in [1.165, 1.54) is 7.11 Å². The van der Waals surface area contributed by atoms with E-state index in [1.807, 2.05) is 0 Å². The van der Waals surface area contributed by atoms with Crippen LogP contribution >= 0.6 is 0 Å². The average molecular weight is 278 g/mol. The van der Waals surface area contributed by atoms with E-state index in [0.29, 0.717) is 0 Å². The van der Waals surface area contributed by atoms with Crippen molar-refractivity contribution in [3.8, 4) is 0 Å². The van der Waals surface area contributed by atoms with Crippen molar-refractivity contribution in [1.82, 2.24) is 0 Å². The fourth-order valence-corrected chi connectivity index (χ4v) is 2.90. The minimum absolute atomic E-state index is 0.0212. The highest BCUT2D eigenvalue weighted by molar-refractivity contribution is 6.74. The SMILES string of the molecule is CO[C@@H]1OC[C@H](O)[C@H](O)[C@@H]1O[Si](C)(C)C(C)(C)C. The molecule has 4 atom stereocenters. The molecule has 5 nitrogen and oxygen atoms in total. The monoisotopic (exact) mass is 278 g/mol. The average Bonchev–Trinajstić information content (AvgIpc) is 2.23. The minimum Gasteiger partial charge on any atom is -0.406 e. The van der Waals surface area contributed by atoms with Gasteiger partial charge < -0.3 is 24.1 Å². The third-order valence-electron chi connectivity index (χ3n) is 3.90. The highest BCUT2D eigenvalue weighted by Crippen LogP contribution is 2.38. The summed E-state index contributed by atoms with van der Waals surface area (Å²) in [5.41, 5.74) is 0. The van der Waals surface area contributed by atoms with E-state index < -0.39 is 32.9 Å². The van der Waals surface area contributed by atoms with Crippen LogP contribution < -0.4 is 0 Å². The smallest absolute Gasteiger partial charge is 0.192 e. The fraction of sp³-hybridized carbons (Fsp3) is 1.00. The van der Waals surface area contributed by atoms with Crippen LogP contribution in [0.2, 0.25) is 18.1 Å². The summed E-state index contributed by atoms with van der Waals surface area (Å²) in [6.07, 6.45) is -3.17. The first-order chi connectivity index (χ1) is 8.10. The first-order valence-corrected chi connectivity index (χ1v) is 9.19. The normalized spacial score (nSPS) is 34.7. The van der Waals surface area contributed by atoms with Crippen molar-refractivity contribution in [2.75, 3.05) is 13.7 Å². The van der Waals surface area contributed by atoms with Crippen LogP contribution in [0.25, 0.3) is 0 Å². The van der Waals surface area contributed by atoms with Crippen LogP contribution in [0.5, 0.6) is 0 Å². The Morgan fingerprint density at radius 3 is 2.22 bits per heavy atom. The maximum absolute atomic E-state index is 10.1. The standard InChI is InChI=1S/C12H26O5Si/c1-12(2,3)18(5,6)17-10-9(14)8(13)7-16-11(10)15-4/h8-11,13-14H,7H2,1-6H3/t8-,9-,10-,11+/m0/s1. The van der Waals surface area contributed by atoms with Crippen molar-refractivity contribution >= 4 is 8.32 Å². The molecule has 108 valence electrons. The molecule has 0 aromatic rings. The highest BCUT2D eigenvalue weighted by Gasteiger charge is 2.46. The molecule has 0 amide bonds. The molecule has 1 fully saturated rings. The van der Waals surface area contributed by atoms with Crippen molar-refractivity contribution < 1.29 is 24.1 Å². The molecule has 0 saturated carbocycles. The van der Waals surface area contributed by atoms with Crippen molar-refractivity contribution in [1.29, 1.82) is 0 Å². The summed E-state index contributed by atoms with van der Waals surface area (Å²) in [5, 5.41) is 19.7. The number of hydrogen-bond donors (Lipinski definition) is 2. The predicted octanol–water partition coefficient (Wildman–Crippen LogP) is 1.10. The molecule has 1 aliphatic rings. The van der Waals surface area contributed by atoms with Gasteiger partial charge in [0.05, 0.1) is 6.61 Å². The maximum Gasteiger partial charge on any atom is 0.192 e. The Kier molecular flexibility index (Phi) is 4.97. The minimum atomic E-state index is -2.05. The van der Waals surface area contributed by atoms with E-state index in [0.717, 1.165) is 0 Å². The third kappa shape index (κ3) is 3.31. The third-order valence-corrected chi connectivity index (χ3v) is 8.37. The first-order valence-electron chi connectivity index (χ1n) is 6.28. The lowest BCUT2D eigenvalue weighted by molar-refractivity contribution is -0.257. The van der Waals surface area contributed by atoms with Gasteiger partial charge in [0.1, 0.15) is 18.3 Å². The van der Waals surface area contributed by atoms with Crippen molar-refractivity contribution in [2.45, 2.75) is 63.5 Å². The van der Waals surface area contributed by atoms with Gasteiger partial charge in [-0.05, 0) is 18.1 Å². The summed E-state index contributed by atoms with van der Waals surface area (Å²) in [4.78, 5) is 0. The Morgan fingerprint density at radius 2 is 1.78 bits per heavy atom. The molecule has 18 heavy (non-hydrogen) atoms. The van der Waals surface area contributed by atoms with Gasteiger partial charge in [0, 0.05) is 7.11 Å². The molecular weight excluding hydrogens is 252 g/mol. The van der Waals surface area contributed by atoms with Crippen molar-refractivity contribution in [2.24, 2.45) is 0 Å². The Bertz CT molecular complexity index is 274. The van der Waals surface area contributed by atoms with Gasteiger partial charge in [0.2, 0.25) is 0 Å². The van der Waals surface area contributed by atoms with Crippen LogP contribution in [-0.2, 0) is 13.9 Å². The number of aliphatic hydroxyl groups is 2. The Morgan fingerprint density at radius 1 is 1.22 bits per heavy atom. The quantitative estimate of drug-likeness (QED) is 0.757. The van der Waals surface area contributed by atoms with E-state index in [2.05, 4.69) is 33.9 Å². The van der Waals surface area contributed by atoms with Crippen LogP contribution in [0.15, 0.2) is 0 Å². The zero-order chi connectivity index (χ0) is 14.1. The molecule has 0 radical (unpaired) electrons. The van der Waals surface area contributed by atoms with Crippen LogP contribution in [0.3, 0.4) is 0 Å². The van der Waals surface area contributed by atoms with Gasteiger partial charge in [-0.15, -0.1) is 0 Å². The van der Waals surface area contributed by atoms with Gasteiger partial charge in [-0.1, -0.05) is 20.8 Å². The molecule has 0 aromatic carbocycles. The fourth-order valence-electron chi connectivity index (χ4n) is 1.61. The molecular formula is C12H26O5Si. The number of aliphatic hydroxyl groups excluding tert-OH is 2. The summed E-state index contributed by atoms with van der Waals surface area (Å²) in [6.45, 7) is 10.6. The zero-order valence-electron chi connectivity index (χ0n) is 12.1. The molecule has 2 N–H and O–H groups in total. The second-order valence-electron chi connectivity index (χ2n) is 6.34. The second-order valence-corrected chi connectivity index (χ2v) is 11.1. The van der Waals surface area contributed by atoms with Crippen LogP contribution in [0, 0.1) is 0 Å². The predicted molar refractivity (Wildman–Crippen MR) is 70.8 cm³/mol. The Balaban J connectivity index is 2.84. The summed E-state index contributed by atoms with van der Waals surface area (Å²) in [5.74, 6) is 0. The van der Waals surface area contributed by atoms with Gasteiger partial charge in [0.15, 0.2) is 14.6 Å². The van der Waals surface area contributed by atoms with Crippen molar-refractivity contribution in [3.63, 3.8) is 0 Å². The largest absolute Gasteiger partial charge is 0.406 e. The number of hydrogen-bond acceptors (Lipinski definition) is 5. The summed E-state index contributed by atoms with van der Waals surface area (Å²) in [6, 6.07) is 0. The zero-order valence-corrected chi connectivity index (χ0v) is 13.1. The lowest BCUT2D eigenvalue weighted by atomic mass is 10.1. The molecule has 0 aromatic heterocycles. The van der Waals surface area contributed by atoms with Crippen molar-refractivity contribution in [3.05, 3.63) is 0 Å². The van der Waals surface area contributed by atoms with Gasteiger partial charge >= 0.3 is 0 Å². The van der Waals surface area contributed by atoms with E-state index >= 15 is 0 Å². The van der Waals surface area contributed by atoms with Gasteiger partial charge in [-0.3, -0.25) is 0 Å². The van der Waals surface area contributed by atoms with Gasteiger partial charge in [-0.2, -0.15) is 0 Å². The number of methoxy groups -OCH3 is 1. The summed E-state index contributed by atoms with van der Waals surface area (Å²) < 4.78 is 16.6. The van der Waals surface area contributed by atoms with Gasteiger partial charge in [-0.25, -0.2) is 0 Å². The molecule has 0 unspecified atom stereocenters. The Hall–Kier alpha value is 0.0169. The van der Waals surface area contributed by atoms with Crippen LogP contribution in [-0.4, -0.2) is 56.8 Å². The van der Waals surface area contributed by atoms with E-state index in [1.54, 1.807) is 0 Å². The van der Waals surface area contributed by atoms with E-state index in [9.17, 15) is 10.2 Å². The lowest BCUT2D eigenvalue weighted by Gasteiger charge is -2.45. The molecule has 0 bridgehead atoms. The number of ether oxygens (including phenoxy) is 2. The molecule has 1 saturated heterocycles. The molecule has 0 aliphatic carbocycles.